The zero-order chi connectivity index (χ0) is 12.3. The van der Waals surface area contributed by atoms with Crippen LogP contribution in [0.2, 0.25) is 0 Å². The van der Waals surface area contributed by atoms with Crippen LogP contribution in [-0.2, 0) is 9.53 Å². The largest absolute Gasteiger partial charge is 0.479 e. The molecule has 1 heterocycles. The lowest BCUT2D eigenvalue weighted by Crippen LogP contribution is -2.58. The van der Waals surface area contributed by atoms with Gasteiger partial charge in [-0.25, -0.2) is 4.79 Å². The summed E-state index contributed by atoms with van der Waals surface area (Å²) in [7, 11) is 0. The van der Waals surface area contributed by atoms with Crippen molar-refractivity contribution in [1.82, 2.24) is 0 Å². The van der Waals surface area contributed by atoms with Gasteiger partial charge in [0.1, 0.15) is 23.7 Å². The van der Waals surface area contributed by atoms with Gasteiger partial charge in [-0.2, -0.15) is 0 Å². The second kappa shape index (κ2) is 5.80. The summed E-state index contributed by atoms with van der Waals surface area (Å²) in [6, 6.07) is 0. The monoisotopic (exact) mass is 253 g/mol. The van der Waals surface area contributed by atoms with Gasteiger partial charge in [0.25, 0.3) is 0 Å². The number of carboxylic acid groups (broad SMARTS) is 1. The van der Waals surface area contributed by atoms with Crippen molar-refractivity contribution < 1.29 is 30.0 Å². The summed E-state index contributed by atoms with van der Waals surface area (Å²) in [6.45, 7) is 0.341. The lowest BCUT2D eigenvalue weighted by molar-refractivity contribution is -0.209. The van der Waals surface area contributed by atoms with Gasteiger partial charge in [0.05, 0.1) is 0 Å². The van der Waals surface area contributed by atoms with Gasteiger partial charge in [-0.3, -0.25) is 0 Å². The molecule has 1 saturated heterocycles. The molecule has 6 N–H and O–H groups in total. The molecule has 8 heteroatoms. The van der Waals surface area contributed by atoms with Crippen LogP contribution >= 0.6 is 11.8 Å². The fourth-order valence-electron chi connectivity index (χ4n) is 1.37. The number of carboxylic acids is 1. The molecule has 0 saturated carbocycles. The normalized spacial score (nSPS) is 39.6. The first-order chi connectivity index (χ1) is 7.49. The van der Waals surface area contributed by atoms with Crippen LogP contribution in [0.15, 0.2) is 0 Å². The van der Waals surface area contributed by atoms with Crippen molar-refractivity contribution in [2.45, 2.75) is 29.9 Å². The second-order valence-corrected chi connectivity index (χ2v) is 4.60. The summed E-state index contributed by atoms with van der Waals surface area (Å²) in [5.41, 5.74) is 4.36. The Morgan fingerprint density at radius 2 is 1.88 bits per heavy atom. The molecule has 1 fully saturated rings. The molecule has 1 aliphatic heterocycles. The molecule has 7 nitrogen and oxygen atoms in total. The van der Waals surface area contributed by atoms with Crippen LogP contribution in [0, 0.1) is 0 Å². The van der Waals surface area contributed by atoms with E-state index in [2.05, 4.69) is 0 Å². The van der Waals surface area contributed by atoms with Crippen LogP contribution in [-0.4, -0.2) is 68.5 Å². The Balaban J connectivity index is 2.69. The van der Waals surface area contributed by atoms with Gasteiger partial charge in [0.2, 0.25) is 0 Å². The third-order valence-corrected chi connectivity index (χ3v) is 3.40. The third kappa shape index (κ3) is 2.84. The number of rotatable bonds is 4. The minimum absolute atomic E-state index is 0.341. The smallest absolute Gasteiger partial charge is 0.335 e. The van der Waals surface area contributed by atoms with Crippen LogP contribution in [0.25, 0.3) is 0 Å². The van der Waals surface area contributed by atoms with Crippen molar-refractivity contribution in [1.29, 1.82) is 0 Å². The van der Waals surface area contributed by atoms with Crippen molar-refractivity contribution in [3.05, 3.63) is 0 Å². The number of aliphatic carboxylic acids is 1. The van der Waals surface area contributed by atoms with Gasteiger partial charge in [-0.1, -0.05) is 0 Å². The van der Waals surface area contributed by atoms with Crippen molar-refractivity contribution in [3.63, 3.8) is 0 Å². The van der Waals surface area contributed by atoms with E-state index < -0.39 is 35.8 Å². The van der Waals surface area contributed by atoms with Crippen molar-refractivity contribution >= 4 is 17.7 Å². The number of carbonyl (C=O) groups is 1. The molecule has 0 amide bonds. The molecule has 0 spiro atoms. The highest BCUT2D eigenvalue weighted by Crippen LogP contribution is 2.28. The Labute approximate surface area is 96.2 Å². The predicted octanol–water partition coefficient (Wildman–Crippen LogP) is -2.43. The van der Waals surface area contributed by atoms with E-state index in [4.69, 9.17) is 15.6 Å². The molecule has 0 radical (unpaired) electrons. The lowest BCUT2D eigenvalue weighted by atomic mass is 10.0. The molecule has 1 aliphatic rings. The molecule has 16 heavy (non-hydrogen) atoms. The van der Waals surface area contributed by atoms with E-state index in [1.165, 1.54) is 0 Å². The van der Waals surface area contributed by atoms with E-state index in [0.717, 1.165) is 11.8 Å². The molecular formula is C8H15NO6S. The molecule has 5 atom stereocenters. The van der Waals surface area contributed by atoms with Crippen LogP contribution < -0.4 is 5.73 Å². The van der Waals surface area contributed by atoms with E-state index in [-0.39, 0.29) is 0 Å². The highest BCUT2D eigenvalue weighted by atomic mass is 32.2. The maximum absolute atomic E-state index is 10.7. The third-order valence-electron chi connectivity index (χ3n) is 2.21. The quantitative estimate of drug-likeness (QED) is 0.373. The van der Waals surface area contributed by atoms with Gasteiger partial charge in [0.15, 0.2) is 6.10 Å². The zero-order valence-corrected chi connectivity index (χ0v) is 9.21. The van der Waals surface area contributed by atoms with Crippen molar-refractivity contribution in [2.24, 2.45) is 5.73 Å². The zero-order valence-electron chi connectivity index (χ0n) is 8.39. The molecule has 94 valence electrons. The Bertz CT molecular complexity index is 253. The average Bonchev–Trinajstić information content (AvgIpc) is 2.24. The standard InChI is InChI=1S/C8H15NO6S/c9-1-2-16-8-5(12)3(10)4(11)6(15-8)7(13)14/h3-6,8,10-12H,1-2,9H2,(H,13,14)/t3-,4-,5+,6-,8-/m0/s1. The average molecular weight is 253 g/mol. The number of thioether (sulfide) groups is 1. The fraction of sp³-hybridized carbons (Fsp3) is 0.875. The van der Waals surface area contributed by atoms with E-state index >= 15 is 0 Å². The summed E-state index contributed by atoms with van der Waals surface area (Å²) in [5.74, 6) is -0.923. The molecule has 0 unspecified atom stereocenters. The summed E-state index contributed by atoms with van der Waals surface area (Å²) in [5, 5.41) is 37.1. The van der Waals surface area contributed by atoms with Crippen LogP contribution in [0.4, 0.5) is 0 Å². The van der Waals surface area contributed by atoms with Crippen molar-refractivity contribution in [3.8, 4) is 0 Å². The van der Waals surface area contributed by atoms with Gasteiger partial charge < -0.3 is 30.9 Å². The molecule has 0 aromatic heterocycles. The minimum atomic E-state index is -1.64. The summed E-state index contributed by atoms with van der Waals surface area (Å²) >= 11 is 1.10. The molecule has 0 bridgehead atoms. The van der Waals surface area contributed by atoms with Crippen molar-refractivity contribution in [2.75, 3.05) is 12.3 Å². The number of hydrogen-bond donors (Lipinski definition) is 5. The van der Waals surface area contributed by atoms with Crippen LogP contribution in [0.1, 0.15) is 0 Å². The molecule has 0 aromatic rings. The maximum atomic E-state index is 10.7. The number of hydrogen-bond acceptors (Lipinski definition) is 7. The maximum Gasteiger partial charge on any atom is 0.335 e. The first kappa shape index (κ1) is 13.7. The first-order valence-corrected chi connectivity index (χ1v) is 5.78. The Kier molecular flexibility index (Phi) is 4.96. The van der Waals surface area contributed by atoms with E-state index in [1.54, 1.807) is 0 Å². The topological polar surface area (TPSA) is 133 Å². The fourth-order valence-corrected chi connectivity index (χ4v) is 2.30. The Morgan fingerprint density at radius 1 is 1.25 bits per heavy atom. The lowest BCUT2D eigenvalue weighted by Gasteiger charge is -2.38. The summed E-state index contributed by atoms with van der Waals surface area (Å²) < 4.78 is 4.99. The van der Waals surface area contributed by atoms with E-state index in [9.17, 15) is 20.1 Å². The van der Waals surface area contributed by atoms with Crippen LogP contribution in [0.5, 0.6) is 0 Å². The Hall–Kier alpha value is -0.380. The highest BCUT2D eigenvalue weighted by molar-refractivity contribution is 7.99. The number of nitrogens with two attached hydrogens (primary N) is 1. The minimum Gasteiger partial charge on any atom is -0.479 e. The van der Waals surface area contributed by atoms with Gasteiger partial charge in [-0.15, -0.1) is 11.8 Å². The summed E-state index contributed by atoms with van der Waals surface area (Å²) in [4.78, 5) is 10.7. The number of aliphatic hydroxyl groups excluding tert-OH is 3. The Morgan fingerprint density at radius 3 is 2.38 bits per heavy atom. The van der Waals surface area contributed by atoms with Gasteiger partial charge >= 0.3 is 5.97 Å². The number of aliphatic hydroxyl groups is 3. The molecule has 0 aliphatic carbocycles. The second-order valence-electron chi connectivity index (χ2n) is 3.39. The highest BCUT2D eigenvalue weighted by Gasteiger charge is 2.46. The SMILES string of the molecule is NCCS[C@@H]1O[C@H](C(=O)O)[C@@H](O)[C@H](O)[C@H]1O. The van der Waals surface area contributed by atoms with E-state index in [1.807, 2.05) is 0 Å². The molecular weight excluding hydrogens is 238 g/mol. The van der Waals surface area contributed by atoms with Crippen LogP contribution in [0.3, 0.4) is 0 Å². The number of ether oxygens (including phenoxy) is 1. The first-order valence-electron chi connectivity index (χ1n) is 4.73. The van der Waals surface area contributed by atoms with Gasteiger partial charge in [-0.05, 0) is 0 Å². The van der Waals surface area contributed by atoms with Gasteiger partial charge in [0, 0.05) is 12.3 Å². The van der Waals surface area contributed by atoms with E-state index in [0.29, 0.717) is 12.3 Å². The predicted molar refractivity (Wildman–Crippen MR) is 55.8 cm³/mol. The molecule has 0 aromatic carbocycles. The molecule has 1 rings (SSSR count). The summed E-state index contributed by atoms with van der Waals surface area (Å²) in [6.07, 6.45) is -6.04.